The van der Waals surface area contributed by atoms with E-state index in [0.29, 0.717) is 17.8 Å². The number of thioether (sulfide) groups is 1. The van der Waals surface area contributed by atoms with Crippen molar-refractivity contribution in [3.63, 3.8) is 0 Å². The molecular formula is C20H27F2N7S2. The molecule has 1 aliphatic carbocycles. The smallest absolute Gasteiger partial charge is 0.285 e. The second kappa shape index (κ2) is 9.05. The minimum Gasteiger partial charge on any atom is -0.367 e. The Morgan fingerprint density at radius 2 is 2.19 bits per heavy atom. The number of nitrogens with one attached hydrogen (secondary N) is 4. The van der Waals surface area contributed by atoms with Gasteiger partial charge in [-0.05, 0) is 56.0 Å². The molecule has 1 aliphatic heterocycles. The summed E-state index contributed by atoms with van der Waals surface area (Å²) in [6, 6.07) is 2.54. The van der Waals surface area contributed by atoms with Crippen molar-refractivity contribution < 1.29 is 8.78 Å². The third kappa shape index (κ3) is 5.05. The van der Waals surface area contributed by atoms with Crippen LogP contribution in [0.15, 0.2) is 23.4 Å². The van der Waals surface area contributed by atoms with E-state index in [9.17, 15) is 8.78 Å². The maximum Gasteiger partial charge on any atom is 0.285 e. The molecular weight excluding hydrogens is 440 g/mol. The maximum atomic E-state index is 12.8. The van der Waals surface area contributed by atoms with Crippen LogP contribution in [0.3, 0.4) is 0 Å². The van der Waals surface area contributed by atoms with Gasteiger partial charge >= 0.3 is 0 Å². The Hall–Kier alpha value is -1.69. The maximum absolute atomic E-state index is 12.8. The Bertz CT molecular complexity index is 989. The predicted molar refractivity (Wildman–Crippen MR) is 124 cm³/mol. The lowest BCUT2D eigenvalue weighted by molar-refractivity contribution is 0.228. The molecule has 0 bridgehead atoms. The van der Waals surface area contributed by atoms with Crippen molar-refractivity contribution in [1.29, 1.82) is 10.8 Å². The first-order chi connectivity index (χ1) is 14.8. The van der Waals surface area contributed by atoms with E-state index < -0.39 is 11.5 Å². The average Bonchev–Trinajstić information content (AvgIpc) is 3.34. The molecule has 2 aromatic heterocycles. The summed E-state index contributed by atoms with van der Waals surface area (Å²) in [4.78, 5) is 7.67. The van der Waals surface area contributed by atoms with Crippen LogP contribution in [0.1, 0.15) is 38.9 Å². The van der Waals surface area contributed by atoms with Gasteiger partial charge < -0.3 is 10.2 Å². The summed E-state index contributed by atoms with van der Waals surface area (Å²) < 4.78 is 30.9. The van der Waals surface area contributed by atoms with Gasteiger partial charge in [-0.25, -0.2) is 13.8 Å². The van der Waals surface area contributed by atoms with Gasteiger partial charge in [-0.2, -0.15) is 0 Å². The molecule has 2 aromatic rings. The quantitative estimate of drug-likeness (QED) is 0.280. The summed E-state index contributed by atoms with van der Waals surface area (Å²) in [7, 11) is 0. The van der Waals surface area contributed by atoms with Gasteiger partial charge in [0.2, 0.25) is 0 Å². The number of anilines is 1. The molecule has 4 rings (SSSR count). The first-order valence-electron chi connectivity index (χ1n) is 10.4. The van der Waals surface area contributed by atoms with Gasteiger partial charge in [-0.3, -0.25) is 19.9 Å². The molecule has 3 heterocycles. The van der Waals surface area contributed by atoms with Crippen molar-refractivity contribution in [3.8, 4) is 0 Å². The summed E-state index contributed by atoms with van der Waals surface area (Å²) in [5.74, 6) is 0.272. The normalized spacial score (nSPS) is 20.4. The fraction of sp³-hybridized carbons (Fsp3) is 0.550. The lowest BCUT2D eigenvalue weighted by Gasteiger charge is -2.35. The number of piperazine rings is 1. The van der Waals surface area contributed by atoms with Gasteiger partial charge in [-0.1, -0.05) is 6.92 Å². The van der Waals surface area contributed by atoms with E-state index >= 15 is 0 Å². The summed E-state index contributed by atoms with van der Waals surface area (Å²) >= 11 is 2.00. The number of fused-ring (bicyclic) bond motifs is 1. The number of halogens is 2. The van der Waals surface area contributed by atoms with Crippen LogP contribution in [-0.2, 0) is 0 Å². The molecule has 7 nitrogen and oxygen atoms in total. The standard InChI is InChI=1S/C20H27F2N7S2/c1-3-12-10-28(7-6-25-12)14-8-13(31-27-20(2)4-5-20)11-29-15(14)9-26-19(29)18(24)30-17(23)16(21)22/h8-9,11-12,16,23-25,27H,3-7,10H2,1-2H3. The number of nitrogens with zero attached hydrogens (tertiary/aromatic N) is 3. The van der Waals surface area contributed by atoms with E-state index in [1.165, 1.54) is 0 Å². The topological polar surface area (TPSA) is 92.3 Å². The highest BCUT2D eigenvalue weighted by molar-refractivity contribution is 8.26. The van der Waals surface area contributed by atoms with E-state index in [2.05, 4.69) is 39.8 Å². The van der Waals surface area contributed by atoms with Crippen LogP contribution in [0.25, 0.3) is 5.52 Å². The van der Waals surface area contributed by atoms with E-state index in [1.807, 2.05) is 6.20 Å². The van der Waals surface area contributed by atoms with Gasteiger partial charge in [0.25, 0.3) is 6.43 Å². The fourth-order valence-corrected chi connectivity index (χ4v) is 4.97. The highest BCUT2D eigenvalue weighted by Crippen LogP contribution is 2.38. The molecule has 2 aliphatic rings. The van der Waals surface area contributed by atoms with Crippen LogP contribution >= 0.6 is 23.7 Å². The highest BCUT2D eigenvalue weighted by atomic mass is 32.2. The zero-order valence-electron chi connectivity index (χ0n) is 17.5. The third-order valence-electron chi connectivity index (χ3n) is 5.71. The van der Waals surface area contributed by atoms with Crippen molar-refractivity contribution in [2.24, 2.45) is 0 Å². The molecule has 0 amide bonds. The van der Waals surface area contributed by atoms with Crippen LogP contribution in [0.5, 0.6) is 0 Å². The molecule has 0 spiro atoms. The van der Waals surface area contributed by atoms with Gasteiger partial charge in [0.05, 0.1) is 17.4 Å². The molecule has 4 N–H and O–H groups in total. The Labute approximate surface area is 188 Å². The molecule has 168 valence electrons. The summed E-state index contributed by atoms with van der Waals surface area (Å²) in [5, 5.41) is 18.2. The van der Waals surface area contributed by atoms with Crippen molar-refractivity contribution in [2.75, 3.05) is 24.5 Å². The van der Waals surface area contributed by atoms with Crippen molar-refractivity contribution in [1.82, 2.24) is 19.4 Å². The summed E-state index contributed by atoms with van der Waals surface area (Å²) in [6.45, 7) is 6.96. The predicted octanol–water partition coefficient (Wildman–Crippen LogP) is 3.97. The van der Waals surface area contributed by atoms with Gasteiger partial charge in [0, 0.05) is 42.3 Å². The lowest BCUT2D eigenvalue weighted by atomic mass is 10.1. The SMILES string of the molecule is CCC1CN(c2cc(SNC3(C)CC3)cn3c(C(=N)SC(=N)C(F)F)ncc23)CCN1. The Morgan fingerprint density at radius 1 is 1.42 bits per heavy atom. The molecule has 0 aromatic carbocycles. The molecule has 1 saturated heterocycles. The Balaban J connectivity index is 1.70. The van der Waals surface area contributed by atoms with E-state index in [4.69, 9.17) is 10.8 Å². The van der Waals surface area contributed by atoms with Crippen LogP contribution in [0, 0.1) is 10.8 Å². The average molecular weight is 468 g/mol. The molecule has 1 unspecified atom stereocenters. The Kier molecular flexibility index (Phi) is 6.57. The first kappa shape index (κ1) is 22.5. The Morgan fingerprint density at radius 3 is 2.87 bits per heavy atom. The fourth-order valence-electron chi connectivity index (χ4n) is 3.52. The van der Waals surface area contributed by atoms with Crippen molar-refractivity contribution in [2.45, 2.75) is 56.0 Å². The summed E-state index contributed by atoms with van der Waals surface area (Å²) in [5.41, 5.74) is 2.00. The van der Waals surface area contributed by atoms with Crippen LogP contribution < -0.4 is 14.9 Å². The lowest BCUT2D eigenvalue weighted by Crippen LogP contribution is -2.50. The van der Waals surface area contributed by atoms with Crippen LogP contribution in [0.2, 0.25) is 0 Å². The molecule has 1 saturated carbocycles. The molecule has 31 heavy (non-hydrogen) atoms. The number of aromatic nitrogens is 2. The van der Waals surface area contributed by atoms with Gasteiger partial charge in [0.1, 0.15) is 10.1 Å². The van der Waals surface area contributed by atoms with Crippen molar-refractivity contribution in [3.05, 3.63) is 24.3 Å². The number of hydrogen-bond donors (Lipinski definition) is 4. The second-order valence-electron chi connectivity index (χ2n) is 8.26. The van der Waals surface area contributed by atoms with E-state index in [1.54, 1.807) is 22.5 Å². The number of hydrogen-bond acceptors (Lipinski definition) is 8. The molecule has 1 atom stereocenters. The first-order valence-corrected chi connectivity index (χ1v) is 12.0. The zero-order valence-corrected chi connectivity index (χ0v) is 19.2. The van der Waals surface area contributed by atoms with Gasteiger partial charge in [-0.15, -0.1) is 0 Å². The van der Waals surface area contributed by atoms with Crippen molar-refractivity contribution >= 4 is 45.0 Å². The molecule has 11 heteroatoms. The molecule has 0 radical (unpaired) electrons. The third-order valence-corrected chi connectivity index (χ3v) is 7.55. The number of imidazole rings is 1. The van der Waals surface area contributed by atoms with E-state index in [-0.39, 0.29) is 16.4 Å². The second-order valence-corrected chi connectivity index (χ2v) is 10.2. The molecule has 2 fully saturated rings. The van der Waals surface area contributed by atoms with Gasteiger partial charge in [0.15, 0.2) is 5.82 Å². The highest BCUT2D eigenvalue weighted by Gasteiger charge is 2.37. The van der Waals surface area contributed by atoms with Crippen LogP contribution in [0.4, 0.5) is 14.5 Å². The number of pyridine rings is 1. The number of rotatable bonds is 7. The number of alkyl halides is 2. The summed E-state index contributed by atoms with van der Waals surface area (Å²) in [6.07, 6.45) is 4.00. The van der Waals surface area contributed by atoms with E-state index in [0.717, 1.165) is 55.0 Å². The minimum absolute atomic E-state index is 0.148. The van der Waals surface area contributed by atoms with Crippen LogP contribution in [-0.4, -0.2) is 57.1 Å². The largest absolute Gasteiger partial charge is 0.367 e. The minimum atomic E-state index is -2.89. The zero-order chi connectivity index (χ0) is 22.2. The monoisotopic (exact) mass is 467 g/mol.